The summed E-state index contributed by atoms with van der Waals surface area (Å²) in [5, 5.41) is 8.34. The van der Waals surface area contributed by atoms with E-state index in [2.05, 4.69) is 16.0 Å². The molecule has 0 radical (unpaired) electrons. The van der Waals surface area contributed by atoms with E-state index in [-0.39, 0.29) is 11.8 Å². The Hall–Kier alpha value is -1.82. The van der Waals surface area contributed by atoms with Gasteiger partial charge in [-0.05, 0) is 33.0 Å². The Morgan fingerprint density at radius 3 is 2.78 bits per heavy atom. The van der Waals surface area contributed by atoms with Crippen LogP contribution in [0.25, 0.3) is 0 Å². The molecule has 18 heavy (non-hydrogen) atoms. The second kappa shape index (κ2) is 7.50. The predicted octanol–water partition coefficient (Wildman–Crippen LogP) is 0.124. The van der Waals surface area contributed by atoms with E-state index >= 15 is 0 Å². The molecule has 100 valence electrons. The lowest BCUT2D eigenvalue weighted by Gasteiger charge is -2.13. The SMILES string of the molecule is CNCCCNC(=O)C(C)NC(=O)c1ccoc1. The Morgan fingerprint density at radius 2 is 2.17 bits per heavy atom. The Bertz CT molecular complexity index is 376. The summed E-state index contributed by atoms with van der Waals surface area (Å²) in [4.78, 5) is 23.3. The van der Waals surface area contributed by atoms with Gasteiger partial charge in [0.05, 0.1) is 11.8 Å². The van der Waals surface area contributed by atoms with Gasteiger partial charge in [-0.2, -0.15) is 0 Å². The highest BCUT2D eigenvalue weighted by Crippen LogP contribution is 1.99. The van der Waals surface area contributed by atoms with Gasteiger partial charge in [0, 0.05) is 6.54 Å². The number of carbonyl (C=O) groups excluding carboxylic acids is 2. The van der Waals surface area contributed by atoms with Crippen molar-refractivity contribution in [3.63, 3.8) is 0 Å². The molecule has 1 unspecified atom stereocenters. The zero-order valence-electron chi connectivity index (χ0n) is 10.7. The molecule has 1 aromatic rings. The van der Waals surface area contributed by atoms with E-state index in [1.165, 1.54) is 12.5 Å². The normalized spacial score (nSPS) is 11.9. The highest BCUT2D eigenvalue weighted by atomic mass is 16.3. The fourth-order valence-electron chi connectivity index (χ4n) is 1.37. The average Bonchev–Trinajstić information content (AvgIpc) is 2.88. The van der Waals surface area contributed by atoms with Crippen LogP contribution in [0, 0.1) is 0 Å². The van der Waals surface area contributed by atoms with Crippen LogP contribution in [0.3, 0.4) is 0 Å². The van der Waals surface area contributed by atoms with Crippen LogP contribution in [0.4, 0.5) is 0 Å². The molecule has 0 bridgehead atoms. The van der Waals surface area contributed by atoms with Crippen LogP contribution < -0.4 is 16.0 Å². The maximum absolute atomic E-state index is 11.6. The van der Waals surface area contributed by atoms with Crippen LogP contribution in [0.5, 0.6) is 0 Å². The molecule has 2 amide bonds. The fraction of sp³-hybridized carbons (Fsp3) is 0.500. The van der Waals surface area contributed by atoms with Gasteiger partial charge in [-0.1, -0.05) is 0 Å². The van der Waals surface area contributed by atoms with Crippen molar-refractivity contribution < 1.29 is 14.0 Å². The second-order valence-corrected chi connectivity index (χ2v) is 3.96. The fourth-order valence-corrected chi connectivity index (χ4v) is 1.37. The summed E-state index contributed by atoms with van der Waals surface area (Å²) in [5.41, 5.74) is 0.407. The highest BCUT2D eigenvalue weighted by molar-refractivity contribution is 5.97. The zero-order valence-corrected chi connectivity index (χ0v) is 10.7. The molecule has 0 aromatic carbocycles. The van der Waals surface area contributed by atoms with Crippen molar-refractivity contribution >= 4 is 11.8 Å². The third-order valence-electron chi connectivity index (χ3n) is 2.43. The molecule has 0 saturated heterocycles. The van der Waals surface area contributed by atoms with Crippen molar-refractivity contribution in [2.75, 3.05) is 20.1 Å². The number of rotatable bonds is 7. The van der Waals surface area contributed by atoms with Crippen LogP contribution in [-0.2, 0) is 4.79 Å². The Morgan fingerprint density at radius 1 is 1.39 bits per heavy atom. The van der Waals surface area contributed by atoms with Crippen molar-refractivity contribution in [1.29, 1.82) is 0 Å². The van der Waals surface area contributed by atoms with Gasteiger partial charge in [-0.3, -0.25) is 9.59 Å². The van der Waals surface area contributed by atoms with Crippen LogP contribution >= 0.6 is 0 Å². The Balaban J connectivity index is 2.29. The molecule has 1 heterocycles. The first-order valence-electron chi connectivity index (χ1n) is 5.90. The number of carbonyl (C=O) groups is 2. The lowest BCUT2D eigenvalue weighted by molar-refractivity contribution is -0.122. The molecule has 6 nitrogen and oxygen atoms in total. The van der Waals surface area contributed by atoms with Crippen molar-refractivity contribution in [2.45, 2.75) is 19.4 Å². The van der Waals surface area contributed by atoms with E-state index in [4.69, 9.17) is 4.42 Å². The molecular weight excluding hydrogens is 234 g/mol. The minimum atomic E-state index is -0.568. The van der Waals surface area contributed by atoms with E-state index in [1.54, 1.807) is 13.0 Å². The summed E-state index contributed by atoms with van der Waals surface area (Å²) in [6.07, 6.45) is 3.61. The maximum atomic E-state index is 11.6. The van der Waals surface area contributed by atoms with E-state index in [9.17, 15) is 9.59 Å². The van der Waals surface area contributed by atoms with Crippen LogP contribution in [0.1, 0.15) is 23.7 Å². The van der Waals surface area contributed by atoms with Gasteiger partial charge in [-0.25, -0.2) is 0 Å². The number of amides is 2. The molecular formula is C12H19N3O3. The molecule has 6 heteroatoms. The number of furan rings is 1. The van der Waals surface area contributed by atoms with E-state index in [0.29, 0.717) is 12.1 Å². The van der Waals surface area contributed by atoms with Gasteiger partial charge >= 0.3 is 0 Å². The third kappa shape index (κ3) is 4.58. The number of nitrogens with one attached hydrogen (secondary N) is 3. The van der Waals surface area contributed by atoms with Gasteiger partial charge in [0.15, 0.2) is 0 Å². The van der Waals surface area contributed by atoms with Crippen LogP contribution in [0.15, 0.2) is 23.0 Å². The van der Waals surface area contributed by atoms with Crippen molar-refractivity contribution in [1.82, 2.24) is 16.0 Å². The lowest BCUT2D eigenvalue weighted by Crippen LogP contribution is -2.45. The smallest absolute Gasteiger partial charge is 0.255 e. The first-order valence-corrected chi connectivity index (χ1v) is 5.90. The van der Waals surface area contributed by atoms with E-state index < -0.39 is 6.04 Å². The van der Waals surface area contributed by atoms with E-state index in [0.717, 1.165) is 13.0 Å². The van der Waals surface area contributed by atoms with Crippen molar-refractivity contribution in [3.05, 3.63) is 24.2 Å². The standard InChI is InChI=1S/C12H19N3O3/c1-9(11(16)14-6-3-5-13-2)15-12(17)10-4-7-18-8-10/h4,7-9,13H,3,5-6H2,1-2H3,(H,14,16)(H,15,17). The largest absolute Gasteiger partial charge is 0.472 e. The second-order valence-electron chi connectivity index (χ2n) is 3.96. The summed E-state index contributed by atoms with van der Waals surface area (Å²) in [6, 6.07) is 0.981. The van der Waals surface area contributed by atoms with Crippen LogP contribution in [0.2, 0.25) is 0 Å². The molecule has 0 aliphatic heterocycles. The minimum absolute atomic E-state index is 0.192. The number of hydrogen-bond acceptors (Lipinski definition) is 4. The monoisotopic (exact) mass is 253 g/mol. The summed E-state index contributed by atoms with van der Waals surface area (Å²) >= 11 is 0. The van der Waals surface area contributed by atoms with Gasteiger partial charge < -0.3 is 20.4 Å². The topological polar surface area (TPSA) is 83.4 Å². The molecule has 0 aliphatic rings. The van der Waals surface area contributed by atoms with Crippen molar-refractivity contribution in [3.8, 4) is 0 Å². The molecule has 1 aromatic heterocycles. The Labute approximate surface area is 106 Å². The Kier molecular flexibility index (Phi) is 5.93. The summed E-state index contributed by atoms with van der Waals surface area (Å²) in [5.74, 6) is -0.510. The molecule has 1 rings (SSSR count). The molecule has 0 aliphatic carbocycles. The zero-order chi connectivity index (χ0) is 13.4. The molecule has 3 N–H and O–H groups in total. The van der Waals surface area contributed by atoms with Crippen molar-refractivity contribution in [2.24, 2.45) is 0 Å². The summed E-state index contributed by atoms with van der Waals surface area (Å²) in [7, 11) is 1.86. The van der Waals surface area contributed by atoms with Crippen LogP contribution in [-0.4, -0.2) is 38.0 Å². The third-order valence-corrected chi connectivity index (χ3v) is 2.43. The minimum Gasteiger partial charge on any atom is -0.472 e. The van der Waals surface area contributed by atoms with Gasteiger partial charge in [0.25, 0.3) is 5.91 Å². The maximum Gasteiger partial charge on any atom is 0.255 e. The van der Waals surface area contributed by atoms with Gasteiger partial charge in [0.1, 0.15) is 12.3 Å². The summed E-state index contributed by atoms with van der Waals surface area (Å²) in [6.45, 7) is 3.08. The first kappa shape index (κ1) is 14.2. The lowest BCUT2D eigenvalue weighted by atomic mass is 10.2. The predicted molar refractivity (Wildman–Crippen MR) is 67.2 cm³/mol. The quantitative estimate of drug-likeness (QED) is 0.603. The number of hydrogen-bond donors (Lipinski definition) is 3. The van der Waals surface area contributed by atoms with Gasteiger partial charge in [-0.15, -0.1) is 0 Å². The first-order chi connectivity index (χ1) is 8.65. The summed E-state index contributed by atoms with van der Waals surface area (Å²) < 4.78 is 4.80. The van der Waals surface area contributed by atoms with E-state index in [1.807, 2.05) is 7.05 Å². The molecule has 0 spiro atoms. The average molecular weight is 253 g/mol. The van der Waals surface area contributed by atoms with Gasteiger partial charge in [0.2, 0.25) is 5.91 Å². The molecule has 0 fully saturated rings. The molecule has 0 saturated carbocycles. The molecule has 1 atom stereocenters. The highest BCUT2D eigenvalue weighted by Gasteiger charge is 2.16.